The van der Waals surface area contributed by atoms with Crippen LogP contribution < -0.4 is 5.32 Å². The minimum absolute atomic E-state index is 0.0295. The maximum atomic E-state index is 11.8. The Morgan fingerprint density at radius 2 is 2.12 bits per heavy atom. The summed E-state index contributed by atoms with van der Waals surface area (Å²) < 4.78 is 0. The summed E-state index contributed by atoms with van der Waals surface area (Å²) in [4.78, 5) is 22.1. The van der Waals surface area contributed by atoms with Gasteiger partial charge in [-0.15, -0.1) is 0 Å². The zero-order valence-electron chi connectivity index (χ0n) is 9.69. The molecule has 1 aliphatic rings. The number of nitrogens with one attached hydrogen (secondary N) is 1. The fourth-order valence-corrected chi connectivity index (χ4v) is 2.22. The molecular formula is C11H19NO4. The Hall–Kier alpha value is -1.10. The van der Waals surface area contributed by atoms with Gasteiger partial charge in [-0.05, 0) is 18.3 Å². The van der Waals surface area contributed by atoms with E-state index >= 15 is 0 Å². The highest BCUT2D eigenvalue weighted by Gasteiger charge is 2.39. The van der Waals surface area contributed by atoms with E-state index < -0.39 is 12.1 Å². The highest BCUT2D eigenvalue weighted by molar-refractivity contribution is 5.81. The number of aliphatic carboxylic acids is 1. The molecule has 1 rings (SSSR count). The quantitative estimate of drug-likeness (QED) is 0.650. The SMILES string of the molecule is CC1(C)CCCC1C(=O)NC[C@H](O)C(=O)O. The van der Waals surface area contributed by atoms with Crippen molar-refractivity contribution in [1.29, 1.82) is 0 Å². The summed E-state index contributed by atoms with van der Waals surface area (Å²) in [5.74, 6) is -1.54. The van der Waals surface area contributed by atoms with Gasteiger partial charge in [0, 0.05) is 5.92 Å². The molecule has 5 heteroatoms. The molecule has 1 saturated carbocycles. The van der Waals surface area contributed by atoms with Crippen LogP contribution in [0.25, 0.3) is 0 Å². The van der Waals surface area contributed by atoms with E-state index in [0.29, 0.717) is 0 Å². The van der Waals surface area contributed by atoms with Crippen molar-refractivity contribution in [3.8, 4) is 0 Å². The molecule has 0 aromatic carbocycles. The van der Waals surface area contributed by atoms with Gasteiger partial charge in [-0.3, -0.25) is 4.79 Å². The van der Waals surface area contributed by atoms with Crippen molar-refractivity contribution in [2.24, 2.45) is 11.3 Å². The molecule has 0 saturated heterocycles. The Bertz CT molecular complexity index is 288. The van der Waals surface area contributed by atoms with Crippen LogP contribution in [-0.4, -0.2) is 34.7 Å². The smallest absolute Gasteiger partial charge is 0.334 e. The lowest BCUT2D eigenvalue weighted by Gasteiger charge is -2.26. The average Bonchev–Trinajstić information content (AvgIpc) is 2.53. The molecule has 1 amide bonds. The van der Waals surface area contributed by atoms with E-state index in [1.807, 2.05) is 13.8 Å². The van der Waals surface area contributed by atoms with Crippen molar-refractivity contribution in [3.05, 3.63) is 0 Å². The third-order valence-electron chi connectivity index (χ3n) is 3.33. The Morgan fingerprint density at radius 3 is 2.56 bits per heavy atom. The molecule has 0 radical (unpaired) electrons. The topological polar surface area (TPSA) is 86.6 Å². The Kier molecular flexibility index (Phi) is 3.91. The number of carboxylic acids is 1. The van der Waals surface area contributed by atoms with Gasteiger partial charge in [0.25, 0.3) is 0 Å². The Balaban J connectivity index is 2.44. The molecule has 1 unspecified atom stereocenters. The molecule has 0 aliphatic heterocycles. The molecule has 0 heterocycles. The summed E-state index contributed by atoms with van der Waals surface area (Å²) in [5, 5.41) is 20.0. The molecular weight excluding hydrogens is 210 g/mol. The van der Waals surface area contributed by atoms with E-state index in [4.69, 9.17) is 10.2 Å². The number of carboxylic acid groups (broad SMARTS) is 1. The van der Waals surface area contributed by atoms with E-state index in [2.05, 4.69) is 5.32 Å². The number of rotatable bonds is 4. The fourth-order valence-electron chi connectivity index (χ4n) is 2.22. The first kappa shape index (κ1) is 13.0. The fraction of sp³-hybridized carbons (Fsp3) is 0.818. The van der Waals surface area contributed by atoms with Gasteiger partial charge in [-0.25, -0.2) is 4.79 Å². The van der Waals surface area contributed by atoms with Crippen molar-refractivity contribution < 1.29 is 19.8 Å². The Labute approximate surface area is 94.8 Å². The van der Waals surface area contributed by atoms with Gasteiger partial charge >= 0.3 is 5.97 Å². The number of carbonyl (C=O) groups excluding carboxylic acids is 1. The number of aliphatic hydroxyl groups excluding tert-OH is 1. The van der Waals surface area contributed by atoms with Crippen molar-refractivity contribution in [2.45, 2.75) is 39.2 Å². The van der Waals surface area contributed by atoms with Crippen LogP contribution in [0.15, 0.2) is 0 Å². The van der Waals surface area contributed by atoms with Gasteiger partial charge in [0.05, 0.1) is 6.54 Å². The third-order valence-corrected chi connectivity index (χ3v) is 3.33. The van der Waals surface area contributed by atoms with E-state index in [1.165, 1.54) is 0 Å². The maximum Gasteiger partial charge on any atom is 0.334 e. The molecule has 16 heavy (non-hydrogen) atoms. The van der Waals surface area contributed by atoms with Gasteiger partial charge < -0.3 is 15.5 Å². The molecule has 92 valence electrons. The normalized spacial score (nSPS) is 25.1. The summed E-state index contributed by atoms with van der Waals surface area (Å²) >= 11 is 0. The van der Waals surface area contributed by atoms with Crippen LogP contribution in [0.2, 0.25) is 0 Å². The number of hydrogen-bond acceptors (Lipinski definition) is 3. The summed E-state index contributed by atoms with van der Waals surface area (Å²) in [6, 6.07) is 0. The van der Waals surface area contributed by atoms with Crippen LogP contribution in [0.4, 0.5) is 0 Å². The second-order valence-corrected chi connectivity index (χ2v) is 5.03. The van der Waals surface area contributed by atoms with Gasteiger partial charge in [-0.1, -0.05) is 20.3 Å². The molecule has 0 aromatic heterocycles. The molecule has 0 aromatic rings. The standard InChI is InChI=1S/C11H19NO4/c1-11(2)5-3-4-7(11)9(14)12-6-8(13)10(15)16/h7-8,13H,3-6H2,1-2H3,(H,12,14)(H,15,16)/t7?,8-/m0/s1. The lowest BCUT2D eigenvalue weighted by Crippen LogP contribution is -2.41. The zero-order chi connectivity index (χ0) is 12.3. The Morgan fingerprint density at radius 1 is 1.50 bits per heavy atom. The predicted octanol–water partition coefficient (Wildman–Crippen LogP) is 0.374. The zero-order valence-corrected chi connectivity index (χ0v) is 9.69. The van der Waals surface area contributed by atoms with Crippen molar-refractivity contribution in [1.82, 2.24) is 5.32 Å². The second-order valence-electron chi connectivity index (χ2n) is 5.03. The minimum atomic E-state index is -1.52. The van der Waals surface area contributed by atoms with Crippen LogP contribution in [0, 0.1) is 11.3 Å². The molecule has 3 N–H and O–H groups in total. The van der Waals surface area contributed by atoms with Gasteiger partial charge in [-0.2, -0.15) is 0 Å². The highest BCUT2D eigenvalue weighted by Crippen LogP contribution is 2.42. The van der Waals surface area contributed by atoms with Crippen molar-refractivity contribution in [3.63, 3.8) is 0 Å². The van der Waals surface area contributed by atoms with Crippen LogP contribution in [0.5, 0.6) is 0 Å². The number of aliphatic hydroxyl groups is 1. The highest BCUT2D eigenvalue weighted by atomic mass is 16.4. The molecule has 1 fully saturated rings. The summed E-state index contributed by atoms with van der Waals surface area (Å²) in [7, 11) is 0. The van der Waals surface area contributed by atoms with Crippen LogP contribution >= 0.6 is 0 Å². The van der Waals surface area contributed by atoms with Crippen LogP contribution in [-0.2, 0) is 9.59 Å². The number of amides is 1. The van der Waals surface area contributed by atoms with Crippen LogP contribution in [0.3, 0.4) is 0 Å². The molecule has 1 aliphatic carbocycles. The largest absolute Gasteiger partial charge is 0.479 e. The predicted molar refractivity (Wildman–Crippen MR) is 57.8 cm³/mol. The third kappa shape index (κ3) is 2.95. The lowest BCUT2D eigenvalue weighted by molar-refractivity contribution is -0.146. The minimum Gasteiger partial charge on any atom is -0.479 e. The number of carbonyl (C=O) groups is 2. The van der Waals surface area contributed by atoms with E-state index in [-0.39, 0.29) is 23.8 Å². The first-order chi connectivity index (χ1) is 7.34. The molecule has 0 bridgehead atoms. The average molecular weight is 229 g/mol. The van der Waals surface area contributed by atoms with E-state index in [1.54, 1.807) is 0 Å². The summed E-state index contributed by atoms with van der Waals surface area (Å²) in [6.45, 7) is 3.86. The van der Waals surface area contributed by atoms with Gasteiger partial charge in [0.15, 0.2) is 6.10 Å². The maximum absolute atomic E-state index is 11.8. The van der Waals surface area contributed by atoms with Gasteiger partial charge in [0.1, 0.15) is 0 Å². The molecule has 2 atom stereocenters. The van der Waals surface area contributed by atoms with E-state index in [9.17, 15) is 9.59 Å². The van der Waals surface area contributed by atoms with Crippen LogP contribution in [0.1, 0.15) is 33.1 Å². The lowest BCUT2D eigenvalue weighted by atomic mass is 9.81. The summed E-state index contributed by atoms with van der Waals surface area (Å²) in [6.07, 6.45) is 1.34. The van der Waals surface area contributed by atoms with Gasteiger partial charge in [0.2, 0.25) is 5.91 Å². The summed E-state index contributed by atoms with van der Waals surface area (Å²) in [5.41, 5.74) is -0.0295. The molecule has 0 spiro atoms. The number of hydrogen-bond donors (Lipinski definition) is 3. The first-order valence-corrected chi connectivity index (χ1v) is 5.53. The first-order valence-electron chi connectivity index (χ1n) is 5.53. The molecule has 5 nitrogen and oxygen atoms in total. The van der Waals surface area contributed by atoms with E-state index in [0.717, 1.165) is 19.3 Å². The van der Waals surface area contributed by atoms with Crippen molar-refractivity contribution in [2.75, 3.05) is 6.54 Å². The van der Waals surface area contributed by atoms with Crippen molar-refractivity contribution >= 4 is 11.9 Å². The second kappa shape index (κ2) is 4.82. The monoisotopic (exact) mass is 229 g/mol.